The molecule has 1 N–H and O–H groups in total. The highest BCUT2D eigenvalue weighted by Crippen LogP contribution is 2.13. The van der Waals surface area contributed by atoms with E-state index in [1.165, 1.54) is 5.56 Å². The minimum absolute atomic E-state index is 0.423. The third-order valence-electron chi connectivity index (χ3n) is 4.36. The second-order valence-electron chi connectivity index (χ2n) is 6.80. The lowest BCUT2D eigenvalue weighted by molar-refractivity contribution is 0.281. The first-order chi connectivity index (χ1) is 14.7. The van der Waals surface area contributed by atoms with Crippen LogP contribution in [0, 0.1) is 6.92 Å². The van der Waals surface area contributed by atoms with Gasteiger partial charge in [0.05, 0.1) is 6.54 Å². The Morgan fingerprint density at radius 1 is 1.20 bits per heavy atom. The fourth-order valence-corrected chi connectivity index (χ4v) is 2.72. The Morgan fingerprint density at radius 3 is 2.77 bits per heavy atom. The molecule has 3 rings (SSSR count). The molecule has 0 aliphatic carbocycles. The van der Waals surface area contributed by atoms with Crippen molar-refractivity contribution < 1.29 is 9.26 Å². The SMILES string of the molecule is CCNC(=NCCc1noc(-c2ccccn2)n1)N(C)CCOc1ccc(C)cc1. The van der Waals surface area contributed by atoms with Crippen molar-refractivity contribution in [3.05, 3.63) is 60.0 Å². The first kappa shape index (κ1) is 21.3. The number of nitrogens with zero attached hydrogens (tertiary/aromatic N) is 5. The van der Waals surface area contributed by atoms with Crippen LogP contribution in [0.2, 0.25) is 0 Å². The summed E-state index contributed by atoms with van der Waals surface area (Å²) >= 11 is 0. The number of pyridine rings is 1. The highest BCUT2D eigenvalue weighted by atomic mass is 16.5. The number of ether oxygens (including phenoxy) is 1. The molecule has 0 saturated heterocycles. The molecule has 0 saturated carbocycles. The van der Waals surface area contributed by atoms with Gasteiger partial charge in [-0.05, 0) is 38.1 Å². The van der Waals surface area contributed by atoms with Crippen LogP contribution in [0.5, 0.6) is 5.75 Å². The molecule has 1 aromatic carbocycles. The zero-order chi connectivity index (χ0) is 21.2. The molecule has 158 valence electrons. The van der Waals surface area contributed by atoms with Crippen LogP contribution in [0.25, 0.3) is 11.6 Å². The first-order valence-electron chi connectivity index (χ1n) is 10.1. The summed E-state index contributed by atoms with van der Waals surface area (Å²) in [5, 5.41) is 7.32. The Morgan fingerprint density at radius 2 is 2.03 bits per heavy atom. The van der Waals surface area contributed by atoms with E-state index in [9.17, 15) is 0 Å². The van der Waals surface area contributed by atoms with Gasteiger partial charge in [-0.25, -0.2) is 0 Å². The van der Waals surface area contributed by atoms with E-state index in [0.717, 1.165) is 18.3 Å². The van der Waals surface area contributed by atoms with E-state index < -0.39 is 0 Å². The van der Waals surface area contributed by atoms with E-state index in [4.69, 9.17) is 9.26 Å². The van der Waals surface area contributed by atoms with Crippen LogP contribution >= 0.6 is 0 Å². The largest absolute Gasteiger partial charge is 0.492 e. The van der Waals surface area contributed by atoms with E-state index in [-0.39, 0.29) is 0 Å². The van der Waals surface area contributed by atoms with Gasteiger partial charge >= 0.3 is 0 Å². The highest BCUT2D eigenvalue weighted by Gasteiger charge is 2.10. The molecule has 0 bridgehead atoms. The van der Waals surface area contributed by atoms with E-state index in [2.05, 4.69) is 32.4 Å². The molecule has 0 aliphatic heterocycles. The second kappa shape index (κ2) is 10.9. The van der Waals surface area contributed by atoms with Gasteiger partial charge in [0.25, 0.3) is 5.89 Å². The van der Waals surface area contributed by atoms with Gasteiger partial charge in [0.2, 0.25) is 0 Å². The molecule has 0 spiro atoms. The molecular formula is C22H28N6O2. The van der Waals surface area contributed by atoms with Crippen LogP contribution < -0.4 is 10.1 Å². The van der Waals surface area contributed by atoms with Gasteiger partial charge in [-0.15, -0.1) is 0 Å². The Kier molecular flexibility index (Phi) is 7.77. The average molecular weight is 409 g/mol. The van der Waals surface area contributed by atoms with Gasteiger partial charge in [-0.2, -0.15) is 4.98 Å². The Bertz CT molecular complexity index is 924. The minimum atomic E-state index is 0.423. The van der Waals surface area contributed by atoms with Crippen molar-refractivity contribution in [3.63, 3.8) is 0 Å². The molecule has 0 aliphatic rings. The molecule has 2 aromatic heterocycles. The average Bonchev–Trinajstić information content (AvgIpc) is 3.24. The van der Waals surface area contributed by atoms with Crippen molar-refractivity contribution in [2.24, 2.45) is 4.99 Å². The lowest BCUT2D eigenvalue weighted by Crippen LogP contribution is -2.41. The molecule has 8 nitrogen and oxygen atoms in total. The van der Waals surface area contributed by atoms with E-state index in [1.54, 1.807) is 6.20 Å². The molecule has 30 heavy (non-hydrogen) atoms. The fourth-order valence-electron chi connectivity index (χ4n) is 2.72. The van der Waals surface area contributed by atoms with Crippen LogP contribution in [-0.4, -0.2) is 59.3 Å². The zero-order valence-electron chi connectivity index (χ0n) is 17.7. The van der Waals surface area contributed by atoms with E-state index >= 15 is 0 Å². The van der Waals surface area contributed by atoms with Crippen LogP contribution in [0.15, 0.2) is 58.2 Å². The molecule has 2 heterocycles. The van der Waals surface area contributed by atoms with Gasteiger partial charge in [-0.1, -0.05) is 28.9 Å². The van der Waals surface area contributed by atoms with Gasteiger partial charge in [0.1, 0.15) is 18.1 Å². The number of nitrogens with one attached hydrogen (secondary N) is 1. The number of benzene rings is 1. The predicted octanol–water partition coefficient (Wildman–Crippen LogP) is 2.96. The molecule has 3 aromatic rings. The number of hydrogen-bond donors (Lipinski definition) is 1. The Balaban J connectivity index is 1.49. The van der Waals surface area contributed by atoms with Crippen molar-refractivity contribution in [2.45, 2.75) is 20.3 Å². The van der Waals surface area contributed by atoms with E-state index in [0.29, 0.717) is 43.5 Å². The predicted molar refractivity (Wildman–Crippen MR) is 117 cm³/mol. The number of guanidine groups is 1. The number of rotatable bonds is 9. The fraction of sp³-hybridized carbons (Fsp3) is 0.364. The first-order valence-corrected chi connectivity index (χ1v) is 10.1. The second-order valence-corrected chi connectivity index (χ2v) is 6.80. The third kappa shape index (κ3) is 6.30. The molecule has 0 atom stereocenters. The topological polar surface area (TPSA) is 88.7 Å². The maximum atomic E-state index is 5.82. The monoisotopic (exact) mass is 408 g/mol. The lowest BCUT2D eigenvalue weighted by atomic mass is 10.2. The van der Waals surface area contributed by atoms with Crippen LogP contribution in [0.3, 0.4) is 0 Å². The summed E-state index contributed by atoms with van der Waals surface area (Å²) in [5.74, 6) is 2.72. The van der Waals surface area contributed by atoms with Gasteiger partial charge in [0.15, 0.2) is 11.8 Å². The molecular weight excluding hydrogens is 380 g/mol. The van der Waals surface area contributed by atoms with Gasteiger partial charge in [0, 0.05) is 32.8 Å². The number of aryl methyl sites for hydroxylation is 1. The maximum absolute atomic E-state index is 5.82. The summed E-state index contributed by atoms with van der Waals surface area (Å²) in [6, 6.07) is 13.6. The highest BCUT2D eigenvalue weighted by molar-refractivity contribution is 5.79. The minimum Gasteiger partial charge on any atom is -0.492 e. The Hall–Kier alpha value is -3.42. The van der Waals surface area contributed by atoms with Crippen LogP contribution in [0.1, 0.15) is 18.3 Å². The normalized spacial score (nSPS) is 11.4. The number of likely N-dealkylation sites (N-methyl/N-ethyl adjacent to an activating group) is 1. The van der Waals surface area contributed by atoms with Crippen molar-refractivity contribution in [3.8, 4) is 17.3 Å². The third-order valence-corrected chi connectivity index (χ3v) is 4.36. The summed E-state index contributed by atoms with van der Waals surface area (Å²) in [6.07, 6.45) is 2.28. The Labute approximate surface area is 177 Å². The molecule has 0 unspecified atom stereocenters. The smallest absolute Gasteiger partial charge is 0.276 e. The summed E-state index contributed by atoms with van der Waals surface area (Å²) in [7, 11) is 1.99. The number of hydrogen-bond acceptors (Lipinski definition) is 6. The van der Waals surface area contributed by atoms with Crippen molar-refractivity contribution >= 4 is 5.96 Å². The molecule has 0 radical (unpaired) electrons. The lowest BCUT2D eigenvalue weighted by Gasteiger charge is -2.22. The summed E-state index contributed by atoms with van der Waals surface area (Å²) in [5.41, 5.74) is 1.89. The molecule has 0 fully saturated rings. The van der Waals surface area contributed by atoms with Crippen LogP contribution in [-0.2, 0) is 6.42 Å². The van der Waals surface area contributed by atoms with Crippen molar-refractivity contribution in [1.29, 1.82) is 0 Å². The maximum Gasteiger partial charge on any atom is 0.276 e. The number of aromatic nitrogens is 3. The van der Waals surface area contributed by atoms with Crippen molar-refractivity contribution in [2.75, 3.05) is 33.3 Å². The zero-order valence-corrected chi connectivity index (χ0v) is 17.7. The summed E-state index contributed by atoms with van der Waals surface area (Å²) in [6.45, 7) is 6.73. The van der Waals surface area contributed by atoms with Crippen LogP contribution in [0.4, 0.5) is 0 Å². The van der Waals surface area contributed by atoms with Gasteiger partial charge < -0.3 is 19.5 Å². The van der Waals surface area contributed by atoms with Crippen molar-refractivity contribution in [1.82, 2.24) is 25.3 Å². The summed E-state index contributed by atoms with van der Waals surface area (Å²) in [4.78, 5) is 15.3. The number of aliphatic imine (C=N–C) groups is 1. The summed E-state index contributed by atoms with van der Waals surface area (Å²) < 4.78 is 11.1. The molecule has 0 amide bonds. The quantitative estimate of drug-likeness (QED) is 0.430. The standard InChI is InChI=1S/C22H28N6O2/c1-4-23-22(28(3)15-16-29-18-10-8-17(2)9-11-18)25-14-12-20-26-21(30-27-20)19-7-5-6-13-24-19/h5-11,13H,4,12,14-16H2,1-3H3,(H,23,25). The van der Waals surface area contributed by atoms with Gasteiger partial charge in [-0.3, -0.25) is 9.98 Å². The molecule has 8 heteroatoms. The van der Waals surface area contributed by atoms with E-state index in [1.807, 2.05) is 61.3 Å².